The number of hydrogen-bond acceptors (Lipinski definition) is 1. The van der Waals surface area contributed by atoms with E-state index in [2.05, 4.69) is 48.1 Å². The lowest BCUT2D eigenvalue weighted by atomic mass is 9.44. The predicted octanol–water partition coefficient (Wildman–Crippen LogP) is 8.75. The van der Waals surface area contributed by atoms with Crippen LogP contribution in [0, 0.1) is 52.3 Å². The van der Waals surface area contributed by atoms with Crippen LogP contribution >= 0.6 is 0 Å². The Morgan fingerprint density at radius 2 is 1.84 bits per heavy atom. The zero-order valence-corrected chi connectivity index (χ0v) is 22.1. The average molecular weight is 445 g/mol. The van der Waals surface area contributed by atoms with E-state index in [1.165, 1.54) is 63.4 Å². The molecule has 0 spiro atoms. The van der Waals surface area contributed by atoms with Crippen LogP contribution in [0.15, 0.2) is 12.2 Å². The highest BCUT2D eigenvalue weighted by Gasteiger charge is 2.60. The van der Waals surface area contributed by atoms with Crippen LogP contribution in [0.5, 0.6) is 0 Å². The molecule has 0 radical (unpaired) electrons. The first-order valence-corrected chi connectivity index (χ1v) is 13.9. The van der Waals surface area contributed by atoms with Crippen molar-refractivity contribution in [2.75, 3.05) is 0 Å². The maximum atomic E-state index is 11.5. The number of hydrogen-bond donors (Lipinski definition) is 1. The van der Waals surface area contributed by atoms with Gasteiger partial charge in [-0.15, -0.1) is 0 Å². The minimum atomic E-state index is -0.650. The molecule has 0 aromatic heterocycles. The second kappa shape index (κ2) is 10.2. The topological polar surface area (TPSA) is 37.3 Å². The van der Waals surface area contributed by atoms with Crippen LogP contribution in [0.2, 0.25) is 0 Å². The third-order valence-corrected chi connectivity index (χ3v) is 10.7. The van der Waals surface area contributed by atoms with Crippen LogP contribution in [0.3, 0.4) is 0 Å². The molecule has 0 bridgehead atoms. The molecule has 3 rings (SSSR count). The Hall–Kier alpha value is -0.790. The number of carboxylic acid groups (broad SMARTS) is 1. The molecule has 32 heavy (non-hydrogen) atoms. The number of aliphatic carboxylic acids is 1. The van der Waals surface area contributed by atoms with Gasteiger partial charge in [0.05, 0.1) is 0 Å². The summed E-state index contributed by atoms with van der Waals surface area (Å²) in [5.41, 5.74) is 1.85. The molecule has 0 aromatic carbocycles. The number of carboxylic acids is 1. The minimum absolute atomic E-state index is 0.00952. The molecule has 0 amide bonds. The highest BCUT2D eigenvalue weighted by Crippen LogP contribution is 2.68. The van der Waals surface area contributed by atoms with Crippen LogP contribution in [0.25, 0.3) is 0 Å². The molecule has 0 aliphatic heterocycles. The van der Waals surface area contributed by atoms with Gasteiger partial charge in [0.25, 0.3) is 0 Å². The Morgan fingerprint density at radius 3 is 2.47 bits per heavy atom. The summed E-state index contributed by atoms with van der Waals surface area (Å²) < 4.78 is 0. The fourth-order valence-electron chi connectivity index (χ4n) is 8.96. The summed E-state index contributed by atoms with van der Waals surface area (Å²) in [6.07, 6.45) is 14.3. The number of fused-ring (bicyclic) bond motifs is 3. The summed E-state index contributed by atoms with van der Waals surface area (Å²) in [7, 11) is 0. The van der Waals surface area contributed by atoms with E-state index in [4.69, 9.17) is 0 Å². The number of carbonyl (C=O) groups is 1. The Labute approximate surface area is 199 Å². The summed E-state index contributed by atoms with van der Waals surface area (Å²) in [5, 5.41) is 9.44. The van der Waals surface area contributed by atoms with E-state index in [1.54, 1.807) is 0 Å². The van der Waals surface area contributed by atoms with Gasteiger partial charge in [-0.05, 0) is 90.8 Å². The van der Waals surface area contributed by atoms with Crippen LogP contribution in [0.1, 0.15) is 119 Å². The summed E-state index contributed by atoms with van der Waals surface area (Å²) >= 11 is 0. The van der Waals surface area contributed by atoms with E-state index in [9.17, 15) is 9.90 Å². The number of allylic oxidation sites excluding steroid dienone is 1. The van der Waals surface area contributed by atoms with Gasteiger partial charge in [-0.25, -0.2) is 0 Å². The first-order chi connectivity index (χ1) is 15.0. The number of rotatable bonds is 10. The zero-order valence-electron chi connectivity index (χ0n) is 22.1. The van der Waals surface area contributed by atoms with E-state index in [1.807, 2.05) is 0 Å². The molecular weight excluding hydrogens is 392 g/mol. The second-order valence-electron chi connectivity index (χ2n) is 13.0. The van der Waals surface area contributed by atoms with E-state index < -0.39 is 5.97 Å². The summed E-state index contributed by atoms with van der Waals surface area (Å²) in [4.78, 5) is 11.5. The molecule has 8 atom stereocenters. The maximum Gasteiger partial charge on any atom is 0.303 e. The van der Waals surface area contributed by atoms with Gasteiger partial charge in [0, 0.05) is 6.42 Å². The first kappa shape index (κ1) is 25.8. The molecule has 3 fully saturated rings. The van der Waals surface area contributed by atoms with Crippen LogP contribution < -0.4 is 0 Å². The van der Waals surface area contributed by atoms with Gasteiger partial charge in [0.15, 0.2) is 0 Å². The standard InChI is InChI=1S/C30H52O2/c1-8-10-23-19-22(5)29(6,18-16-27(31)32)26-15-17-30(7)24(13-14-25(30)28(23)26)21(4)12-9-11-20(2)3/h20-21,23-26,28H,5,8-19H2,1-4,6-7H3,(H,31,32)/t21?,23-,24?,25?,26?,28?,29-,30+/m0/s1. The highest BCUT2D eigenvalue weighted by molar-refractivity contribution is 5.66. The Morgan fingerprint density at radius 1 is 1.12 bits per heavy atom. The van der Waals surface area contributed by atoms with E-state index >= 15 is 0 Å². The minimum Gasteiger partial charge on any atom is -0.481 e. The summed E-state index contributed by atoms with van der Waals surface area (Å²) in [6, 6.07) is 0. The lowest BCUT2D eigenvalue weighted by Crippen LogP contribution is -2.53. The van der Waals surface area contributed by atoms with Crippen LogP contribution in [-0.2, 0) is 4.79 Å². The molecule has 3 aliphatic carbocycles. The molecule has 0 saturated heterocycles. The molecule has 3 aliphatic rings. The third-order valence-electron chi connectivity index (χ3n) is 10.7. The Bertz CT molecular complexity index is 666. The van der Waals surface area contributed by atoms with Crippen molar-refractivity contribution in [2.45, 2.75) is 119 Å². The molecule has 5 unspecified atom stereocenters. The molecule has 1 N–H and O–H groups in total. The van der Waals surface area contributed by atoms with Crippen LogP contribution in [-0.4, -0.2) is 11.1 Å². The fraction of sp³-hybridized carbons (Fsp3) is 0.900. The second-order valence-corrected chi connectivity index (χ2v) is 13.0. The van der Waals surface area contributed by atoms with Crippen molar-refractivity contribution >= 4 is 5.97 Å². The highest BCUT2D eigenvalue weighted by atomic mass is 16.4. The molecule has 184 valence electrons. The van der Waals surface area contributed by atoms with Crippen molar-refractivity contribution < 1.29 is 9.90 Å². The van der Waals surface area contributed by atoms with Gasteiger partial charge in [-0.1, -0.05) is 85.8 Å². The van der Waals surface area contributed by atoms with Gasteiger partial charge in [-0.2, -0.15) is 0 Å². The maximum absolute atomic E-state index is 11.5. The average Bonchev–Trinajstić information content (AvgIpc) is 3.07. The molecular formula is C30H52O2. The van der Waals surface area contributed by atoms with Crippen molar-refractivity contribution in [3.8, 4) is 0 Å². The van der Waals surface area contributed by atoms with Gasteiger partial charge in [0.1, 0.15) is 0 Å². The van der Waals surface area contributed by atoms with Crippen molar-refractivity contribution in [2.24, 2.45) is 52.3 Å². The zero-order chi connectivity index (χ0) is 23.7. The lowest BCUT2D eigenvalue weighted by Gasteiger charge is -2.60. The Balaban J connectivity index is 1.83. The monoisotopic (exact) mass is 444 g/mol. The normalized spacial score (nSPS) is 40.2. The molecule has 2 heteroatoms. The quantitative estimate of drug-likeness (QED) is 0.342. The van der Waals surface area contributed by atoms with Gasteiger partial charge in [0.2, 0.25) is 0 Å². The van der Waals surface area contributed by atoms with Crippen molar-refractivity contribution in [3.05, 3.63) is 12.2 Å². The molecule has 3 saturated carbocycles. The Kier molecular flexibility index (Phi) is 8.25. The van der Waals surface area contributed by atoms with Gasteiger partial charge < -0.3 is 5.11 Å². The van der Waals surface area contributed by atoms with E-state index in [0.717, 1.165) is 48.3 Å². The van der Waals surface area contributed by atoms with Crippen molar-refractivity contribution in [3.63, 3.8) is 0 Å². The fourth-order valence-corrected chi connectivity index (χ4v) is 8.96. The first-order valence-electron chi connectivity index (χ1n) is 13.9. The smallest absolute Gasteiger partial charge is 0.303 e. The van der Waals surface area contributed by atoms with Gasteiger partial charge in [-0.3, -0.25) is 4.79 Å². The molecule has 0 aromatic rings. The molecule has 0 heterocycles. The SMILES string of the molecule is C=C1C[C@H](CCC)C2C3CCC(C(C)CCCC(C)C)[C@@]3(C)CCC2[C@@]1(C)CCC(=O)O. The van der Waals surface area contributed by atoms with Gasteiger partial charge >= 0.3 is 5.97 Å². The predicted molar refractivity (Wildman–Crippen MR) is 136 cm³/mol. The van der Waals surface area contributed by atoms with Crippen molar-refractivity contribution in [1.29, 1.82) is 0 Å². The van der Waals surface area contributed by atoms with Crippen molar-refractivity contribution in [1.82, 2.24) is 0 Å². The third kappa shape index (κ3) is 4.85. The van der Waals surface area contributed by atoms with Crippen LogP contribution in [0.4, 0.5) is 0 Å². The summed E-state index contributed by atoms with van der Waals surface area (Å²) in [6.45, 7) is 19.2. The largest absolute Gasteiger partial charge is 0.481 e. The van der Waals surface area contributed by atoms with E-state index in [0.29, 0.717) is 11.3 Å². The molecule has 2 nitrogen and oxygen atoms in total. The lowest BCUT2D eigenvalue weighted by molar-refractivity contribution is -0.138. The van der Waals surface area contributed by atoms with E-state index in [-0.39, 0.29) is 11.8 Å². The summed E-state index contributed by atoms with van der Waals surface area (Å²) in [5.74, 6) is 4.86.